The van der Waals surface area contributed by atoms with Crippen molar-refractivity contribution in [3.05, 3.63) is 47.2 Å². The van der Waals surface area contributed by atoms with Gasteiger partial charge in [0.05, 0.1) is 13.2 Å². The molecule has 3 atom stereocenters. The van der Waals surface area contributed by atoms with Crippen molar-refractivity contribution in [1.82, 2.24) is 4.98 Å². The Morgan fingerprint density at radius 2 is 1.69 bits per heavy atom. The number of ether oxygens (including phenoxy) is 3. The van der Waals surface area contributed by atoms with Gasteiger partial charge in [0.25, 0.3) is 0 Å². The van der Waals surface area contributed by atoms with Crippen molar-refractivity contribution in [3.8, 4) is 11.5 Å². The molecule has 0 spiro atoms. The highest BCUT2D eigenvalue weighted by molar-refractivity contribution is 5.66. The van der Waals surface area contributed by atoms with Crippen LogP contribution in [0.5, 0.6) is 11.5 Å². The van der Waals surface area contributed by atoms with E-state index >= 15 is 0 Å². The van der Waals surface area contributed by atoms with Crippen molar-refractivity contribution in [2.24, 2.45) is 0 Å². The van der Waals surface area contributed by atoms with E-state index in [0.717, 1.165) is 11.1 Å². The smallest absolute Gasteiger partial charge is 0.302 e. The summed E-state index contributed by atoms with van der Waals surface area (Å²) < 4.78 is 16.4. The van der Waals surface area contributed by atoms with Crippen molar-refractivity contribution in [3.63, 3.8) is 0 Å². The van der Waals surface area contributed by atoms with Gasteiger partial charge in [0.1, 0.15) is 18.0 Å². The molecule has 4 N–H and O–H groups in total. The van der Waals surface area contributed by atoms with Gasteiger partial charge in [0, 0.05) is 38.4 Å². The van der Waals surface area contributed by atoms with Crippen LogP contribution in [0.4, 0.5) is 5.82 Å². The molecule has 9 nitrogen and oxygen atoms in total. The number of carbonyl (C=O) groups is 2. The van der Waals surface area contributed by atoms with E-state index in [2.05, 4.69) is 4.98 Å². The molecule has 0 radical (unpaired) electrons. The fourth-order valence-corrected chi connectivity index (χ4v) is 4.11. The Morgan fingerprint density at radius 1 is 1.03 bits per heavy atom. The normalized spacial score (nSPS) is 13.5. The van der Waals surface area contributed by atoms with Gasteiger partial charge < -0.3 is 30.2 Å². The predicted octanol–water partition coefficient (Wildman–Crippen LogP) is 3.71. The first-order chi connectivity index (χ1) is 17.1. The van der Waals surface area contributed by atoms with E-state index in [1.54, 1.807) is 18.3 Å². The minimum atomic E-state index is -0.492. The SMILES string of the molecule is CC[C@H](O)CC[C@@H](C[C@@H](CCc1cc(Cc2ccnc(N)c2)c(O)c(OC)c1)OC(C)=O)OC(C)=O. The Morgan fingerprint density at radius 3 is 2.28 bits per heavy atom. The van der Waals surface area contributed by atoms with Crippen molar-refractivity contribution < 1.29 is 34.0 Å². The van der Waals surface area contributed by atoms with Gasteiger partial charge in [0.15, 0.2) is 11.5 Å². The molecule has 0 unspecified atom stereocenters. The Hall–Kier alpha value is -3.33. The molecule has 0 aliphatic heterocycles. The van der Waals surface area contributed by atoms with Crippen molar-refractivity contribution in [1.29, 1.82) is 0 Å². The number of esters is 2. The molecule has 1 aromatic heterocycles. The summed E-state index contributed by atoms with van der Waals surface area (Å²) in [6, 6.07) is 7.22. The van der Waals surface area contributed by atoms with Gasteiger partial charge in [-0.05, 0) is 61.4 Å². The van der Waals surface area contributed by atoms with E-state index in [4.69, 9.17) is 19.9 Å². The van der Waals surface area contributed by atoms with Crippen LogP contribution in [0.15, 0.2) is 30.5 Å². The standard InChI is InChI=1S/C27H38N2O7/c1-5-22(32)7-9-24(36-18(3)31)16-23(35-17(2)30)8-6-19-12-21(27(33)25(14-19)34-4)13-20-10-11-29-26(28)15-20/h10-12,14-15,22-24,32-33H,5-9,13,16H2,1-4H3,(H2,28,29)/t22-,23+,24-/m0/s1. The fourth-order valence-electron chi connectivity index (χ4n) is 4.11. The lowest BCUT2D eigenvalue weighted by Crippen LogP contribution is -2.27. The minimum Gasteiger partial charge on any atom is -0.504 e. The molecule has 2 aromatic rings. The number of pyridine rings is 1. The van der Waals surface area contributed by atoms with E-state index in [1.165, 1.54) is 21.0 Å². The van der Waals surface area contributed by atoms with E-state index in [9.17, 15) is 19.8 Å². The molecule has 0 saturated carbocycles. The number of aromatic nitrogens is 1. The lowest BCUT2D eigenvalue weighted by molar-refractivity contribution is -0.153. The second-order valence-corrected chi connectivity index (χ2v) is 8.95. The van der Waals surface area contributed by atoms with Crippen LogP contribution < -0.4 is 10.5 Å². The molecular weight excluding hydrogens is 464 g/mol. The van der Waals surface area contributed by atoms with E-state index < -0.39 is 30.3 Å². The highest BCUT2D eigenvalue weighted by Crippen LogP contribution is 2.34. The lowest BCUT2D eigenvalue weighted by atomic mass is 9.96. The number of carbonyl (C=O) groups excluding carboxylic acids is 2. The molecule has 0 aliphatic rings. The Bertz CT molecular complexity index is 1010. The first-order valence-electron chi connectivity index (χ1n) is 12.2. The second kappa shape index (κ2) is 14.3. The number of hydrogen-bond donors (Lipinski definition) is 3. The summed E-state index contributed by atoms with van der Waals surface area (Å²) in [5, 5.41) is 20.6. The monoisotopic (exact) mass is 502 g/mol. The van der Waals surface area contributed by atoms with Gasteiger partial charge >= 0.3 is 11.9 Å². The third-order valence-corrected chi connectivity index (χ3v) is 5.91. The quantitative estimate of drug-likeness (QED) is 0.330. The van der Waals surface area contributed by atoms with Crippen molar-refractivity contribution in [2.45, 2.75) is 84.0 Å². The summed E-state index contributed by atoms with van der Waals surface area (Å²) in [6.07, 6.45) is 3.50. The number of methoxy groups -OCH3 is 1. The van der Waals surface area contributed by atoms with Gasteiger partial charge in [-0.3, -0.25) is 9.59 Å². The number of anilines is 1. The number of aryl methyl sites for hydroxylation is 1. The molecule has 0 amide bonds. The van der Waals surface area contributed by atoms with Crippen LogP contribution in [0, 0.1) is 0 Å². The second-order valence-electron chi connectivity index (χ2n) is 8.95. The minimum absolute atomic E-state index is 0.0533. The zero-order chi connectivity index (χ0) is 26.7. The number of benzene rings is 1. The van der Waals surface area contributed by atoms with E-state index in [1.807, 2.05) is 19.1 Å². The molecule has 2 rings (SSSR count). The van der Waals surface area contributed by atoms with E-state index in [-0.39, 0.29) is 5.75 Å². The van der Waals surface area contributed by atoms with Crippen LogP contribution in [0.1, 0.15) is 69.6 Å². The first kappa shape index (κ1) is 28.9. The van der Waals surface area contributed by atoms with Gasteiger partial charge in [-0.25, -0.2) is 4.98 Å². The number of nitrogens with two attached hydrogens (primary N) is 1. The van der Waals surface area contributed by atoms with Crippen molar-refractivity contribution >= 4 is 17.8 Å². The number of nitrogen functional groups attached to an aromatic ring is 1. The Kier molecular flexibility index (Phi) is 11.5. The zero-order valence-corrected chi connectivity index (χ0v) is 21.5. The number of aromatic hydroxyl groups is 1. The fraction of sp³-hybridized carbons (Fsp3) is 0.519. The maximum absolute atomic E-state index is 11.8. The van der Waals surface area contributed by atoms with Gasteiger partial charge in [-0.2, -0.15) is 0 Å². The van der Waals surface area contributed by atoms with Gasteiger partial charge in [-0.15, -0.1) is 0 Å². The number of aliphatic hydroxyl groups excluding tert-OH is 1. The van der Waals surface area contributed by atoms with Crippen LogP contribution in [-0.2, 0) is 31.9 Å². The summed E-state index contributed by atoms with van der Waals surface area (Å²) in [7, 11) is 1.49. The molecule has 9 heteroatoms. The zero-order valence-electron chi connectivity index (χ0n) is 21.5. The molecule has 0 saturated heterocycles. The molecule has 0 fully saturated rings. The number of nitrogens with zero attached hydrogens (tertiary/aromatic N) is 1. The Labute approximate surface area is 212 Å². The summed E-state index contributed by atoms with van der Waals surface area (Å²) in [5.74, 6) is -0.0442. The molecule has 0 bridgehead atoms. The molecule has 1 heterocycles. The number of phenolic OH excluding ortho intramolecular Hbond substituents is 1. The summed E-state index contributed by atoms with van der Waals surface area (Å²) >= 11 is 0. The summed E-state index contributed by atoms with van der Waals surface area (Å²) in [4.78, 5) is 27.4. The largest absolute Gasteiger partial charge is 0.504 e. The number of rotatable bonds is 14. The maximum Gasteiger partial charge on any atom is 0.302 e. The van der Waals surface area contributed by atoms with E-state index in [0.29, 0.717) is 62.1 Å². The van der Waals surface area contributed by atoms with Crippen LogP contribution in [0.3, 0.4) is 0 Å². The van der Waals surface area contributed by atoms with Crippen LogP contribution in [0.25, 0.3) is 0 Å². The number of aliphatic hydroxyl groups is 1. The first-order valence-corrected chi connectivity index (χ1v) is 12.2. The third kappa shape index (κ3) is 9.73. The van der Waals surface area contributed by atoms with Crippen molar-refractivity contribution in [2.75, 3.05) is 12.8 Å². The molecule has 198 valence electrons. The summed E-state index contributed by atoms with van der Waals surface area (Å²) in [6.45, 7) is 4.57. The Balaban J connectivity index is 2.18. The molecule has 36 heavy (non-hydrogen) atoms. The number of hydrogen-bond acceptors (Lipinski definition) is 9. The van der Waals surface area contributed by atoms with Gasteiger partial charge in [-0.1, -0.05) is 13.0 Å². The average molecular weight is 503 g/mol. The van der Waals surface area contributed by atoms with Crippen LogP contribution >= 0.6 is 0 Å². The molecule has 0 aliphatic carbocycles. The highest BCUT2D eigenvalue weighted by atomic mass is 16.6. The third-order valence-electron chi connectivity index (χ3n) is 5.91. The highest BCUT2D eigenvalue weighted by Gasteiger charge is 2.23. The lowest BCUT2D eigenvalue weighted by Gasteiger charge is -2.24. The predicted molar refractivity (Wildman–Crippen MR) is 136 cm³/mol. The maximum atomic E-state index is 11.8. The number of phenols is 1. The topological polar surface area (TPSA) is 141 Å². The average Bonchev–Trinajstić information content (AvgIpc) is 2.81. The van der Waals surface area contributed by atoms with Crippen LogP contribution in [-0.4, -0.2) is 52.6 Å². The molecular formula is C27H38N2O7. The van der Waals surface area contributed by atoms with Gasteiger partial charge in [0.2, 0.25) is 0 Å². The summed E-state index contributed by atoms with van der Waals surface area (Å²) in [5.41, 5.74) is 8.25. The van der Waals surface area contributed by atoms with Crippen LogP contribution in [0.2, 0.25) is 0 Å². The molecule has 1 aromatic carbocycles.